The number of amides is 2. The molecule has 0 aliphatic carbocycles. The van der Waals surface area contributed by atoms with Crippen molar-refractivity contribution in [2.45, 2.75) is 57.6 Å². The van der Waals surface area contributed by atoms with E-state index in [-0.39, 0.29) is 29.8 Å². The molecule has 1 N–H and O–H groups in total. The number of benzene rings is 4. The molecule has 0 spiro atoms. The number of carbonyl (C=O) groups excluding carboxylic acids is 2. The maximum absolute atomic E-state index is 14.6. The molecule has 0 saturated carbocycles. The van der Waals surface area contributed by atoms with Crippen LogP contribution in [0.2, 0.25) is 10.0 Å². The summed E-state index contributed by atoms with van der Waals surface area (Å²) < 4.78 is 35.0. The number of nitrogens with one attached hydrogen (secondary N) is 1. The van der Waals surface area contributed by atoms with Crippen molar-refractivity contribution in [2.75, 3.05) is 17.5 Å². The van der Waals surface area contributed by atoms with Crippen molar-refractivity contribution in [3.8, 4) is 5.75 Å². The molecule has 0 saturated heterocycles. The molecule has 11 heteroatoms. The highest BCUT2D eigenvalue weighted by Gasteiger charge is 2.35. The van der Waals surface area contributed by atoms with Gasteiger partial charge in [-0.05, 0) is 87.4 Å². The second-order valence-electron chi connectivity index (χ2n) is 11.4. The second-order valence-corrected chi connectivity index (χ2v) is 14.1. The first-order valence-electron chi connectivity index (χ1n) is 15.3. The van der Waals surface area contributed by atoms with Gasteiger partial charge < -0.3 is 15.0 Å². The van der Waals surface area contributed by atoms with E-state index >= 15 is 0 Å². The van der Waals surface area contributed by atoms with Gasteiger partial charge >= 0.3 is 0 Å². The van der Waals surface area contributed by atoms with Crippen LogP contribution in [-0.2, 0) is 32.6 Å². The predicted octanol–water partition coefficient (Wildman–Crippen LogP) is 7.06. The number of nitrogens with zero attached hydrogens (tertiary/aromatic N) is 2. The van der Waals surface area contributed by atoms with E-state index in [1.54, 1.807) is 54.6 Å². The van der Waals surface area contributed by atoms with Crippen LogP contribution in [0.3, 0.4) is 0 Å². The van der Waals surface area contributed by atoms with Crippen molar-refractivity contribution in [1.29, 1.82) is 0 Å². The SMILES string of the molecule is CCOc1ccc(S(=O)(=O)N(CC(=O)N(Cc2ccc(Cl)c(Cl)c2)C(Cc2ccccc2)C(=O)NC(C)C)c2ccc(C)cc2)cc1. The van der Waals surface area contributed by atoms with Gasteiger partial charge in [-0.2, -0.15) is 0 Å². The number of sulfonamides is 1. The van der Waals surface area contributed by atoms with Gasteiger partial charge in [-0.3, -0.25) is 13.9 Å². The van der Waals surface area contributed by atoms with Gasteiger partial charge in [0, 0.05) is 19.0 Å². The van der Waals surface area contributed by atoms with Gasteiger partial charge in [0.25, 0.3) is 10.0 Å². The molecular formula is C36H39Cl2N3O5S. The molecule has 248 valence electrons. The number of anilines is 1. The maximum atomic E-state index is 14.6. The summed E-state index contributed by atoms with van der Waals surface area (Å²) in [5, 5.41) is 3.58. The summed E-state index contributed by atoms with van der Waals surface area (Å²) in [6.45, 7) is 7.24. The third-order valence-electron chi connectivity index (χ3n) is 7.36. The molecule has 0 aliphatic heterocycles. The molecule has 0 heterocycles. The highest BCUT2D eigenvalue weighted by molar-refractivity contribution is 7.92. The van der Waals surface area contributed by atoms with Gasteiger partial charge in [-0.15, -0.1) is 0 Å². The van der Waals surface area contributed by atoms with Crippen LogP contribution < -0.4 is 14.4 Å². The molecule has 0 fully saturated rings. The van der Waals surface area contributed by atoms with Crippen LogP contribution in [0.4, 0.5) is 5.69 Å². The lowest BCUT2D eigenvalue weighted by Gasteiger charge is -2.34. The molecule has 2 amide bonds. The van der Waals surface area contributed by atoms with Crippen molar-refractivity contribution in [3.63, 3.8) is 0 Å². The van der Waals surface area contributed by atoms with E-state index in [0.29, 0.717) is 33.7 Å². The predicted molar refractivity (Wildman–Crippen MR) is 188 cm³/mol. The minimum absolute atomic E-state index is 0.0104. The zero-order valence-corrected chi connectivity index (χ0v) is 29.1. The summed E-state index contributed by atoms with van der Waals surface area (Å²) in [7, 11) is -4.25. The number of hydrogen-bond acceptors (Lipinski definition) is 5. The van der Waals surface area contributed by atoms with Crippen molar-refractivity contribution in [3.05, 3.63) is 124 Å². The number of hydrogen-bond donors (Lipinski definition) is 1. The molecule has 1 unspecified atom stereocenters. The Hall–Kier alpha value is -4.05. The highest BCUT2D eigenvalue weighted by atomic mass is 35.5. The Bertz CT molecular complexity index is 1770. The first kappa shape index (κ1) is 35.8. The van der Waals surface area contributed by atoms with E-state index in [4.69, 9.17) is 27.9 Å². The summed E-state index contributed by atoms with van der Waals surface area (Å²) in [5.41, 5.74) is 2.69. The average molecular weight is 697 g/mol. The van der Waals surface area contributed by atoms with Crippen LogP contribution in [-0.4, -0.2) is 50.4 Å². The standard InChI is InChI=1S/C36H39Cl2N3O5S/c1-5-46-30-16-18-31(19-17-30)47(44,45)41(29-14-11-26(4)12-15-29)24-35(42)40(23-28-13-20-32(37)33(38)21-28)34(36(43)39-25(2)3)22-27-9-7-6-8-10-27/h6-21,25,34H,5,22-24H2,1-4H3,(H,39,43). The zero-order chi connectivity index (χ0) is 34.1. The third kappa shape index (κ3) is 9.50. The quantitative estimate of drug-likeness (QED) is 0.152. The van der Waals surface area contributed by atoms with Crippen molar-refractivity contribution in [1.82, 2.24) is 10.2 Å². The van der Waals surface area contributed by atoms with Crippen LogP contribution in [0.15, 0.2) is 102 Å². The normalized spacial score (nSPS) is 12.0. The fourth-order valence-electron chi connectivity index (χ4n) is 5.01. The zero-order valence-electron chi connectivity index (χ0n) is 26.8. The third-order valence-corrected chi connectivity index (χ3v) is 9.89. The van der Waals surface area contributed by atoms with Crippen molar-refractivity contribution in [2.24, 2.45) is 0 Å². The largest absolute Gasteiger partial charge is 0.494 e. The minimum Gasteiger partial charge on any atom is -0.494 e. The highest BCUT2D eigenvalue weighted by Crippen LogP contribution is 2.28. The van der Waals surface area contributed by atoms with E-state index in [1.807, 2.05) is 58.0 Å². The summed E-state index contributed by atoms with van der Waals surface area (Å²) in [4.78, 5) is 29.8. The van der Waals surface area contributed by atoms with E-state index in [2.05, 4.69) is 5.32 Å². The fraction of sp³-hybridized carbons (Fsp3) is 0.278. The van der Waals surface area contributed by atoms with Crippen LogP contribution >= 0.6 is 23.2 Å². The second kappa shape index (κ2) is 16.2. The van der Waals surface area contributed by atoms with Gasteiger partial charge in [0.15, 0.2) is 0 Å². The molecular weight excluding hydrogens is 657 g/mol. The van der Waals surface area contributed by atoms with Crippen molar-refractivity contribution < 1.29 is 22.7 Å². The minimum atomic E-state index is -4.25. The molecule has 8 nitrogen and oxygen atoms in total. The van der Waals surface area contributed by atoms with Gasteiger partial charge in [0.05, 0.1) is 27.2 Å². The lowest BCUT2D eigenvalue weighted by atomic mass is 10.0. The van der Waals surface area contributed by atoms with Gasteiger partial charge in [-0.1, -0.05) is 77.3 Å². The van der Waals surface area contributed by atoms with Crippen molar-refractivity contribution >= 4 is 50.7 Å². The Balaban J connectivity index is 1.80. The monoisotopic (exact) mass is 695 g/mol. The molecule has 0 aromatic heterocycles. The number of halogens is 2. The molecule has 47 heavy (non-hydrogen) atoms. The Morgan fingerprint density at radius 2 is 1.51 bits per heavy atom. The van der Waals surface area contributed by atoms with E-state index in [0.717, 1.165) is 15.4 Å². The lowest BCUT2D eigenvalue weighted by molar-refractivity contribution is -0.140. The van der Waals surface area contributed by atoms with Crippen LogP contribution in [0, 0.1) is 6.92 Å². The summed E-state index contributed by atoms with van der Waals surface area (Å²) in [5.74, 6) is -0.420. The van der Waals surface area contributed by atoms with Crippen LogP contribution in [0.25, 0.3) is 0 Å². The van der Waals surface area contributed by atoms with E-state index in [9.17, 15) is 18.0 Å². The first-order chi connectivity index (χ1) is 22.4. The van der Waals surface area contributed by atoms with Gasteiger partial charge in [-0.25, -0.2) is 8.42 Å². The molecule has 4 aromatic rings. The molecule has 4 rings (SSSR count). The number of ether oxygens (including phenoxy) is 1. The Labute approximate surface area is 287 Å². The van der Waals surface area contributed by atoms with E-state index < -0.39 is 28.5 Å². The molecule has 4 aromatic carbocycles. The van der Waals surface area contributed by atoms with Crippen LogP contribution in [0.5, 0.6) is 5.75 Å². The van der Waals surface area contributed by atoms with Crippen LogP contribution in [0.1, 0.15) is 37.5 Å². The first-order valence-corrected chi connectivity index (χ1v) is 17.5. The topological polar surface area (TPSA) is 96.0 Å². The molecule has 0 bridgehead atoms. The van der Waals surface area contributed by atoms with Gasteiger partial charge in [0.2, 0.25) is 11.8 Å². The number of rotatable bonds is 14. The molecule has 0 radical (unpaired) electrons. The maximum Gasteiger partial charge on any atom is 0.264 e. The number of aryl methyl sites for hydroxylation is 1. The number of carbonyl (C=O) groups is 2. The smallest absolute Gasteiger partial charge is 0.264 e. The Morgan fingerprint density at radius 1 is 0.851 bits per heavy atom. The molecule has 1 atom stereocenters. The summed E-state index contributed by atoms with van der Waals surface area (Å²) in [6, 6.07) is 26.1. The fourth-order valence-corrected chi connectivity index (χ4v) is 6.75. The average Bonchev–Trinajstić information content (AvgIpc) is 3.04. The Kier molecular flexibility index (Phi) is 12.3. The molecule has 0 aliphatic rings. The van der Waals surface area contributed by atoms with Gasteiger partial charge in [0.1, 0.15) is 18.3 Å². The lowest BCUT2D eigenvalue weighted by Crippen LogP contribution is -2.54. The Morgan fingerprint density at radius 3 is 2.11 bits per heavy atom. The summed E-state index contributed by atoms with van der Waals surface area (Å²) >= 11 is 12.5. The van der Waals surface area contributed by atoms with E-state index in [1.165, 1.54) is 17.0 Å². The summed E-state index contributed by atoms with van der Waals surface area (Å²) in [6.07, 6.45) is 0.197.